The maximum atomic E-state index is 6.23. The number of benzene rings is 1. The molecule has 1 aromatic carbocycles. The smallest absolute Gasteiger partial charge is 0.122 e. The lowest BCUT2D eigenvalue weighted by molar-refractivity contribution is 0.243. The van der Waals surface area contributed by atoms with E-state index in [1.54, 1.807) is 0 Å². The van der Waals surface area contributed by atoms with Gasteiger partial charge in [-0.1, -0.05) is 18.2 Å². The molecule has 1 aliphatic rings. The van der Waals surface area contributed by atoms with Crippen LogP contribution in [0.2, 0.25) is 0 Å². The fraction of sp³-hybridized carbons (Fsp3) is 0.474. The minimum atomic E-state index is 0.517. The third-order valence-corrected chi connectivity index (χ3v) is 5.29. The summed E-state index contributed by atoms with van der Waals surface area (Å²) in [6, 6.07) is 10.9. The van der Waals surface area contributed by atoms with Crippen LogP contribution in [0.4, 0.5) is 0 Å². The first-order chi connectivity index (χ1) is 10.9. The Morgan fingerprint density at radius 2 is 2.09 bits per heavy atom. The van der Waals surface area contributed by atoms with Crippen molar-refractivity contribution in [2.75, 3.05) is 20.2 Å². The molecule has 0 radical (unpaired) electrons. The van der Waals surface area contributed by atoms with E-state index < -0.39 is 0 Å². The van der Waals surface area contributed by atoms with Gasteiger partial charge in [-0.05, 0) is 67.8 Å². The molecule has 0 spiro atoms. The van der Waals surface area contributed by atoms with E-state index >= 15 is 0 Å². The molecule has 0 aliphatic heterocycles. The van der Waals surface area contributed by atoms with Gasteiger partial charge in [-0.3, -0.25) is 0 Å². The van der Waals surface area contributed by atoms with Crippen molar-refractivity contribution in [3.8, 4) is 5.75 Å². The highest BCUT2D eigenvalue weighted by atomic mass is 32.1. The largest absolute Gasteiger partial charge is 0.493 e. The normalized spacial score (nSPS) is 15.3. The van der Waals surface area contributed by atoms with Crippen molar-refractivity contribution in [2.45, 2.75) is 32.1 Å². The van der Waals surface area contributed by atoms with Crippen molar-refractivity contribution in [3.05, 3.63) is 51.7 Å². The molecule has 0 saturated carbocycles. The zero-order chi connectivity index (χ0) is 15.2. The zero-order valence-electron chi connectivity index (χ0n) is 13.3. The van der Waals surface area contributed by atoms with Crippen LogP contribution >= 0.6 is 11.3 Å². The quantitative estimate of drug-likeness (QED) is 0.831. The van der Waals surface area contributed by atoms with E-state index in [1.807, 2.05) is 18.4 Å². The van der Waals surface area contributed by atoms with E-state index in [1.165, 1.54) is 41.7 Å². The Bertz CT molecular complexity index is 579. The van der Waals surface area contributed by atoms with Gasteiger partial charge in [0.15, 0.2) is 0 Å². The topological polar surface area (TPSA) is 21.3 Å². The Labute approximate surface area is 137 Å². The van der Waals surface area contributed by atoms with Crippen LogP contribution in [-0.4, -0.2) is 20.2 Å². The van der Waals surface area contributed by atoms with Gasteiger partial charge in [0.05, 0.1) is 6.61 Å². The highest BCUT2D eigenvalue weighted by molar-refractivity contribution is 7.09. The summed E-state index contributed by atoms with van der Waals surface area (Å²) in [7, 11) is 2.02. The molecule has 22 heavy (non-hydrogen) atoms. The Morgan fingerprint density at radius 1 is 1.18 bits per heavy atom. The highest BCUT2D eigenvalue weighted by Crippen LogP contribution is 2.30. The number of nitrogens with one attached hydrogen (secondary N) is 1. The van der Waals surface area contributed by atoms with Crippen molar-refractivity contribution in [2.24, 2.45) is 5.92 Å². The number of fused-ring (bicyclic) bond motifs is 1. The monoisotopic (exact) mass is 315 g/mol. The first-order valence-corrected chi connectivity index (χ1v) is 9.15. The van der Waals surface area contributed by atoms with Gasteiger partial charge in [-0.2, -0.15) is 0 Å². The van der Waals surface area contributed by atoms with Crippen LogP contribution in [0.25, 0.3) is 0 Å². The van der Waals surface area contributed by atoms with Gasteiger partial charge < -0.3 is 10.1 Å². The number of thiophene rings is 1. The fourth-order valence-corrected chi connectivity index (χ4v) is 4.10. The van der Waals surface area contributed by atoms with Crippen LogP contribution < -0.4 is 10.1 Å². The van der Waals surface area contributed by atoms with Crippen molar-refractivity contribution in [1.29, 1.82) is 0 Å². The summed E-state index contributed by atoms with van der Waals surface area (Å²) in [6.45, 7) is 1.78. The summed E-state index contributed by atoms with van der Waals surface area (Å²) in [4.78, 5) is 1.44. The summed E-state index contributed by atoms with van der Waals surface area (Å²) in [5.41, 5.74) is 2.94. The molecule has 118 valence electrons. The van der Waals surface area contributed by atoms with Crippen molar-refractivity contribution < 1.29 is 4.74 Å². The molecule has 1 aromatic heterocycles. The van der Waals surface area contributed by atoms with E-state index in [9.17, 15) is 0 Å². The summed E-state index contributed by atoms with van der Waals surface area (Å²) < 4.78 is 6.23. The van der Waals surface area contributed by atoms with E-state index in [0.717, 1.165) is 25.3 Å². The van der Waals surface area contributed by atoms with Gasteiger partial charge in [0, 0.05) is 17.3 Å². The van der Waals surface area contributed by atoms with Crippen LogP contribution in [0.15, 0.2) is 35.7 Å². The zero-order valence-corrected chi connectivity index (χ0v) is 14.1. The standard InChI is InChI=1S/C19H25NOS/c1-20-13-15(12-17-8-5-11-22-17)14-21-19-10-4-7-16-6-2-3-9-18(16)19/h4-5,7-8,10-11,15,20H,2-3,6,9,12-14H2,1H3. The van der Waals surface area contributed by atoms with Crippen molar-refractivity contribution in [3.63, 3.8) is 0 Å². The highest BCUT2D eigenvalue weighted by Gasteiger charge is 2.16. The Kier molecular flexibility index (Phi) is 5.52. The first kappa shape index (κ1) is 15.6. The second-order valence-electron chi connectivity index (χ2n) is 6.12. The second kappa shape index (κ2) is 7.80. The van der Waals surface area contributed by atoms with Crippen molar-refractivity contribution in [1.82, 2.24) is 5.32 Å². The lowest BCUT2D eigenvalue weighted by atomic mass is 9.91. The Balaban J connectivity index is 1.64. The molecular formula is C19H25NOS. The molecule has 1 N–H and O–H groups in total. The van der Waals surface area contributed by atoms with Gasteiger partial charge in [0.1, 0.15) is 5.75 Å². The summed E-state index contributed by atoms with van der Waals surface area (Å²) in [6.07, 6.45) is 6.09. The Hall–Kier alpha value is -1.32. The number of rotatable bonds is 7. The molecule has 1 heterocycles. The average Bonchev–Trinajstić information content (AvgIpc) is 3.06. The molecule has 1 atom stereocenters. The van der Waals surface area contributed by atoms with E-state index in [0.29, 0.717) is 5.92 Å². The molecule has 0 fully saturated rings. The number of hydrogen-bond donors (Lipinski definition) is 1. The predicted octanol–water partition coefficient (Wildman–Crippen LogP) is 4.08. The molecule has 1 unspecified atom stereocenters. The molecule has 0 amide bonds. The number of hydrogen-bond acceptors (Lipinski definition) is 3. The lowest BCUT2D eigenvalue weighted by Gasteiger charge is -2.22. The van der Waals surface area contributed by atoms with Crippen LogP contribution in [0.3, 0.4) is 0 Å². The SMILES string of the molecule is CNCC(COc1cccc2c1CCCC2)Cc1cccs1. The second-order valence-corrected chi connectivity index (χ2v) is 7.15. The molecule has 0 bridgehead atoms. The predicted molar refractivity (Wildman–Crippen MR) is 94.0 cm³/mol. The van der Waals surface area contributed by atoms with Crippen LogP contribution in [0.5, 0.6) is 5.75 Å². The maximum Gasteiger partial charge on any atom is 0.122 e. The molecule has 2 aromatic rings. The van der Waals surface area contributed by atoms with E-state index in [2.05, 4.69) is 41.0 Å². The molecular weight excluding hydrogens is 290 g/mol. The summed E-state index contributed by atoms with van der Waals surface area (Å²) >= 11 is 1.84. The molecule has 3 rings (SSSR count). The van der Waals surface area contributed by atoms with Crippen LogP contribution in [0.1, 0.15) is 28.8 Å². The Morgan fingerprint density at radius 3 is 2.91 bits per heavy atom. The van der Waals surface area contributed by atoms with E-state index in [-0.39, 0.29) is 0 Å². The molecule has 3 heteroatoms. The van der Waals surface area contributed by atoms with Gasteiger partial charge in [0.25, 0.3) is 0 Å². The minimum absolute atomic E-state index is 0.517. The first-order valence-electron chi connectivity index (χ1n) is 8.27. The van der Waals surface area contributed by atoms with Gasteiger partial charge in [-0.25, -0.2) is 0 Å². The van der Waals surface area contributed by atoms with Crippen LogP contribution in [0, 0.1) is 5.92 Å². The van der Waals surface area contributed by atoms with Gasteiger partial charge >= 0.3 is 0 Å². The number of ether oxygens (including phenoxy) is 1. The average molecular weight is 315 g/mol. The maximum absolute atomic E-state index is 6.23. The third kappa shape index (κ3) is 3.90. The van der Waals surface area contributed by atoms with E-state index in [4.69, 9.17) is 4.74 Å². The van der Waals surface area contributed by atoms with Gasteiger partial charge in [0.2, 0.25) is 0 Å². The minimum Gasteiger partial charge on any atom is -0.493 e. The summed E-state index contributed by atoms with van der Waals surface area (Å²) in [5.74, 6) is 1.63. The molecule has 1 aliphatic carbocycles. The van der Waals surface area contributed by atoms with Gasteiger partial charge in [-0.15, -0.1) is 11.3 Å². The molecule has 2 nitrogen and oxygen atoms in total. The molecule has 0 saturated heterocycles. The van der Waals surface area contributed by atoms with Crippen molar-refractivity contribution >= 4 is 11.3 Å². The fourth-order valence-electron chi connectivity index (χ4n) is 3.28. The number of aryl methyl sites for hydroxylation is 1. The van der Waals surface area contributed by atoms with Crippen LogP contribution in [-0.2, 0) is 19.3 Å². The summed E-state index contributed by atoms with van der Waals surface area (Å²) in [5, 5.41) is 5.46. The lowest BCUT2D eigenvalue weighted by Crippen LogP contribution is -2.26. The third-order valence-electron chi connectivity index (χ3n) is 4.39.